The number of benzene rings is 2. The van der Waals surface area contributed by atoms with Crippen LogP contribution in [0.5, 0.6) is 5.75 Å². The highest BCUT2D eigenvalue weighted by Gasteiger charge is 2.25. The topological polar surface area (TPSA) is 38.3 Å². The Kier molecular flexibility index (Phi) is 4.34. The van der Waals surface area contributed by atoms with Crippen LogP contribution in [0.15, 0.2) is 42.5 Å². The first-order chi connectivity index (χ1) is 10.6. The zero-order valence-electron chi connectivity index (χ0n) is 12.4. The third-order valence-electron chi connectivity index (χ3n) is 4.01. The molecular formula is C18H18ClNO2. The number of halogens is 1. The van der Waals surface area contributed by atoms with Gasteiger partial charge in [-0.1, -0.05) is 35.9 Å². The highest BCUT2D eigenvalue weighted by molar-refractivity contribution is 6.30. The van der Waals surface area contributed by atoms with Gasteiger partial charge in [-0.05, 0) is 48.2 Å². The number of hydrogen-bond donors (Lipinski definition) is 1. The van der Waals surface area contributed by atoms with Crippen LogP contribution in [0.1, 0.15) is 16.7 Å². The molecule has 22 heavy (non-hydrogen) atoms. The Morgan fingerprint density at radius 3 is 2.95 bits per heavy atom. The van der Waals surface area contributed by atoms with E-state index in [9.17, 15) is 4.79 Å². The molecular weight excluding hydrogens is 298 g/mol. The molecule has 1 atom stereocenters. The van der Waals surface area contributed by atoms with E-state index < -0.39 is 0 Å². The summed E-state index contributed by atoms with van der Waals surface area (Å²) in [4.78, 5) is 12.3. The minimum Gasteiger partial charge on any atom is -0.492 e. The minimum absolute atomic E-state index is 0.0313. The van der Waals surface area contributed by atoms with Crippen LogP contribution in [0.3, 0.4) is 0 Å². The summed E-state index contributed by atoms with van der Waals surface area (Å²) in [5.74, 6) is 0.784. The SMILES string of the molecule is Cc1cc(Cl)ccc1CNC(=O)C1COc2ccccc2C1. The number of rotatable bonds is 3. The molecule has 1 aliphatic rings. The normalized spacial score (nSPS) is 16.5. The summed E-state index contributed by atoms with van der Waals surface area (Å²) in [7, 11) is 0. The summed E-state index contributed by atoms with van der Waals surface area (Å²) < 4.78 is 5.67. The third-order valence-corrected chi connectivity index (χ3v) is 4.24. The molecule has 0 fully saturated rings. The highest BCUT2D eigenvalue weighted by Crippen LogP contribution is 2.26. The van der Waals surface area contributed by atoms with Gasteiger partial charge < -0.3 is 10.1 Å². The number of hydrogen-bond acceptors (Lipinski definition) is 2. The van der Waals surface area contributed by atoms with Gasteiger partial charge in [-0.2, -0.15) is 0 Å². The quantitative estimate of drug-likeness (QED) is 0.941. The molecule has 0 spiro atoms. The Morgan fingerprint density at radius 2 is 2.14 bits per heavy atom. The van der Waals surface area contributed by atoms with Gasteiger partial charge in [-0.15, -0.1) is 0 Å². The standard InChI is InChI=1S/C18H18ClNO2/c1-12-8-16(19)7-6-14(12)10-20-18(21)15-9-13-4-2-3-5-17(13)22-11-15/h2-8,15H,9-11H2,1H3,(H,20,21). The van der Waals surface area contributed by atoms with E-state index in [2.05, 4.69) is 5.32 Å². The lowest BCUT2D eigenvalue weighted by Crippen LogP contribution is -2.37. The molecule has 1 aliphatic heterocycles. The summed E-state index contributed by atoms with van der Waals surface area (Å²) in [6, 6.07) is 13.6. The number of nitrogens with one attached hydrogen (secondary N) is 1. The van der Waals surface area contributed by atoms with Gasteiger partial charge in [0.2, 0.25) is 5.91 Å². The van der Waals surface area contributed by atoms with Crippen molar-refractivity contribution in [2.24, 2.45) is 5.92 Å². The fourth-order valence-electron chi connectivity index (χ4n) is 2.68. The van der Waals surface area contributed by atoms with E-state index in [0.29, 0.717) is 18.2 Å². The molecule has 0 aromatic heterocycles. The van der Waals surface area contributed by atoms with Crippen LogP contribution in [-0.4, -0.2) is 12.5 Å². The van der Waals surface area contributed by atoms with Crippen LogP contribution in [-0.2, 0) is 17.8 Å². The Hall–Kier alpha value is -2.00. The van der Waals surface area contributed by atoms with E-state index in [1.165, 1.54) is 0 Å². The van der Waals surface area contributed by atoms with Crippen LogP contribution in [0.2, 0.25) is 5.02 Å². The fraction of sp³-hybridized carbons (Fsp3) is 0.278. The number of amides is 1. The third kappa shape index (κ3) is 3.25. The lowest BCUT2D eigenvalue weighted by molar-refractivity contribution is -0.126. The largest absolute Gasteiger partial charge is 0.492 e. The number of ether oxygens (including phenoxy) is 1. The van der Waals surface area contributed by atoms with Crippen LogP contribution >= 0.6 is 11.6 Å². The predicted octanol–water partition coefficient (Wildman–Crippen LogP) is 3.52. The average Bonchev–Trinajstić information content (AvgIpc) is 2.53. The summed E-state index contributed by atoms with van der Waals surface area (Å²) in [5, 5.41) is 3.71. The molecule has 114 valence electrons. The smallest absolute Gasteiger partial charge is 0.227 e. The van der Waals surface area contributed by atoms with Gasteiger partial charge >= 0.3 is 0 Å². The van der Waals surface area contributed by atoms with Crippen molar-refractivity contribution in [1.29, 1.82) is 0 Å². The van der Waals surface area contributed by atoms with Gasteiger partial charge in [0.1, 0.15) is 12.4 Å². The molecule has 1 amide bonds. The van der Waals surface area contributed by atoms with Crippen molar-refractivity contribution >= 4 is 17.5 Å². The van der Waals surface area contributed by atoms with Crippen molar-refractivity contribution in [3.05, 3.63) is 64.2 Å². The van der Waals surface area contributed by atoms with Gasteiger partial charge in [0.15, 0.2) is 0 Å². The first kappa shape index (κ1) is 14.9. The van der Waals surface area contributed by atoms with Crippen molar-refractivity contribution < 1.29 is 9.53 Å². The van der Waals surface area contributed by atoms with Gasteiger partial charge in [0, 0.05) is 11.6 Å². The number of carbonyl (C=O) groups is 1. The first-order valence-corrected chi connectivity index (χ1v) is 7.75. The predicted molar refractivity (Wildman–Crippen MR) is 87.2 cm³/mol. The van der Waals surface area contributed by atoms with E-state index in [4.69, 9.17) is 16.3 Å². The number of para-hydroxylation sites is 1. The second-order valence-electron chi connectivity index (χ2n) is 5.61. The number of aryl methyl sites for hydroxylation is 1. The maximum absolute atomic E-state index is 12.3. The molecule has 0 radical (unpaired) electrons. The minimum atomic E-state index is -0.137. The van der Waals surface area contributed by atoms with Crippen molar-refractivity contribution in [2.75, 3.05) is 6.61 Å². The Morgan fingerprint density at radius 1 is 1.32 bits per heavy atom. The molecule has 1 unspecified atom stereocenters. The monoisotopic (exact) mass is 315 g/mol. The summed E-state index contributed by atoms with van der Waals surface area (Å²) in [6.07, 6.45) is 0.724. The van der Waals surface area contributed by atoms with E-state index in [0.717, 1.165) is 28.9 Å². The van der Waals surface area contributed by atoms with Gasteiger partial charge in [0.05, 0.1) is 5.92 Å². The van der Waals surface area contributed by atoms with Crippen molar-refractivity contribution in [3.8, 4) is 5.75 Å². The molecule has 3 nitrogen and oxygen atoms in total. The number of carbonyl (C=O) groups excluding carboxylic acids is 1. The number of fused-ring (bicyclic) bond motifs is 1. The Balaban J connectivity index is 1.61. The lowest BCUT2D eigenvalue weighted by Gasteiger charge is -2.24. The summed E-state index contributed by atoms with van der Waals surface area (Å²) in [5.41, 5.74) is 3.25. The molecule has 3 rings (SSSR count). The van der Waals surface area contributed by atoms with Gasteiger partial charge in [0.25, 0.3) is 0 Å². The molecule has 0 aliphatic carbocycles. The Labute approximate surface area is 135 Å². The molecule has 2 aromatic rings. The average molecular weight is 316 g/mol. The summed E-state index contributed by atoms with van der Waals surface area (Å²) in [6.45, 7) is 2.94. The molecule has 0 bridgehead atoms. The molecule has 0 saturated carbocycles. The molecule has 0 saturated heterocycles. The fourth-order valence-corrected chi connectivity index (χ4v) is 2.91. The highest BCUT2D eigenvalue weighted by atomic mass is 35.5. The molecule has 1 N–H and O–H groups in total. The maximum atomic E-state index is 12.3. The maximum Gasteiger partial charge on any atom is 0.227 e. The van der Waals surface area contributed by atoms with E-state index >= 15 is 0 Å². The second-order valence-corrected chi connectivity index (χ2v) is 6.04. The molecule has 1 heterocycles. The summed E-state index contributed by atoms with van der Waals surface area (Å²) >= 11 is 5.95. The Bertz CT molecular complexity index is 699. The van der Waals surface area contributed by atoms with E-state index in [-0.39, 0.29) is 11.8 Å². The zero-order valence-corrected chi connectivity index (χ0v) is 13.2. The first-order valence-electron chi connectivity index (χ1n) is 7.37. The van der Waals surface area contributed by atoms with E-state index in [1.807, 2.05) is 49.4 Å². The molecule has 4 heteroatoms. The van der Waals surface area contributed by atoms with Gasteiger partial charge in [-0.25, -0.2) is 0 Å². The van der Waals surface area contributed by atoms with Gasteiger partial charge in [-0.3, -0.25) is 4.79 Å². The van der Waals surface area contributed by atoms with Crippen LogP contribution in [0.25, 0.3) is 0 Å². The van der Waals surface area contributed by atoms with Crippen molar-refractivity contribution in [3.63, 3.8) is 0 Å². The van der Waals surface area contributed by atoms with Crippen LogP contribution in [0, 0.1) is 12.8 Å². The lowest BCUT2D eigenvalue weighted by atomic mass is 9.96. The van der Waals surface area contributed by atoms with Crippen molar-refractivity contribution in [2.45, 2.75) is 19.9 Å². The zero-order chi connectivity index (χ0) is 15.5. The molecule has 2 aromatic carbocycles. The second kappa shape index (κ2) is 6.41. The van der Waals surface area contributed by atoms with Crippen LogP contribution in [0.4, 0.5) is 0 Å². The van der Waals surface area contributed by atoms with Crippen LogP contribution < -0.4 is 10.1 Å². The van der Waals surface area contributed by atoms with Crippen molar-refractivity contribution in [1.82, 2.24) is 5.32 Å². The van der Waals surface area contributed by atoms with E-state index in [1.54, 1.807) is 0 Å².